The number of rotatable bonds is 5. The van der Waals surface area contributed by atoms with Crippen LogP contribution in [0.2, 0.25) is 0 Å². The van der Waals surface area contributed by atoms with Gasteiger partial charge in [-0.3, -0.25) is 0 Å². The van der Waals surface area contributed by atoms with Crippen molar-refractivity contribution >= 4 is 0 Å². The summed E-state index contributed by atoms with van der Waals surface area (Å²) < 4.78 is 5.69. The van der Waals surface area contributed by atoms with Crippen molar-refractivity contribution in [3.05, 3.63) is 12.3 Å². The molecule has 1 nitrogen and oxygen atoms in total. The number of allylic oxidation sites excluding steroid dienone is 1. The van der Waals surface area contributed by atoms with Gasteiger partial charge in [-0.25, -0.2) is 0 Å². The van der Waals surface area contributed by atoms with E-state index in [9.17, 15) is 0 Å². The zero-order valence-electron chi connectivity index (χ0n) is 8.47. The number of hydrogen-bond acceptors (Lipinski definition) is 1. The quantitative estimate of drug-likeness (QED) is 0.572. The molecule has 70 valence electrons. The molecule has 1 aliphatic rings. The van der Waals surface area contributed by atoms with E-state index in [1.807, 2.05) is 0 Å². The van der Waals surface area contributed by atoms with Gasteiger partial charge in [0.25, 0.3) is 0 Å². The first kappa shape index (κ1) is 9.63. The van der Waals surface area contributed by atoms with Gasteiger partial charge in [-0.2, -0.15) is 0 Å². The average molecular weight is 168 g/mol. The van der Waals surface area contributed by atoms with Crippen LogP contribution in [0.4, 0.5) is 0 Å². The van der Waals surface area contributed by atoms with Gasteiger partial charge in [0.05, 0.1) is 5.76 Å². The molecule has 12 heavy (non-hydrogen) atoms. The van der Waals surface area contributed by atoms with Crippen molar-refractivity contribution < 1.29 is 4.74 Å². The van der Waals surface area contributed by atoms with Crippen LogP contribution in [0, 0.1) is 11.8 Å². The molecule has 0 heterocycles. The van der Waals surface area contributed by atoms with Crippen LogP contribution in [-0.2, 0) is 4.74 Å². The molecular weight excluding hydrogens is 148 g/mol. The van der Waals surface area contributed by atoms with Gasteiger partial charge in [0.1, 0.15) is 6.10 Å². The Balaban J connectivity index is 2.23. The third-order valence-corrected chi connectivity index (χ3v) is 2.79. The summed E-state index contributed by atoms with van der Waals surface area (Å²) in [5.74, 6) is 2.51. The zero-order valence-corrected chi connectivity index (χ0v) is 8.47. The SMILES string of the molecule is C=C(CC)OC1C(C)C1CCC. The van der Waals surface area contributed by atoms with Crippen molar-refractivity contribution in [1.29, 1.82) is 0 Å². The monoisotopic (exact) mass is 168 g/mol. The maximum absolute atomic E-state index is 5.69. The summed E-state index contributed by atoms with van der Waals surface area (Å²) >= 11 is 0. The molecule has 0 radical (unpaired) electrons. The molecular formula is C11H20O. The fourth-order valence-corrected chi connectivity index (χ4v) is 1.74. The molecule has 0 bridgehead atoms. The van der Waals surface area contributed by atoms with Crippen LogP contribution in [-0.4, -0.2) is 6.10 Å². The molecule has 0 aliphatic heterocycles. The topological polar surface area (TPSA) is 9.23 Å². The normalized spacial score (nSPS) is 33.1. The summed E-state index contributed by atoms with van der Waals surface area (Å²) in [7, 11) is 0. The minimum atomic E-state index is 0.484. The van der Waals surface area contributed by atoms with Crippen LogP contribution in [0.25, 0.3) is 0 Å². The summed E-state index contributed by atoms with van der Waals surface area (Å²) in [5, 5.41) is 0. The van der Waals surface area contributed by atoms with Gasteiger partial charge in [-0.1, -0.05) is 33.8 Å². The van der Waals surface area contributed by atoms with E-state index in [2.05, 4.69) is 27.4 Å². The largest absolute Gasteiger partial charge is 0.495 e. The highest BCUT2D eigenvalue weighted by Gasteiger charge is 2.47. The summed E-state index contributed by atoms with van der Waals surface area (Å²) in [6, 6.07) is 0. The summed E-state index contributed by atoms with van der Waals surface area (Å²) in [6.07, 6.45) is 4.01. The molecule has 1 fully saturated rings. The third kappa shape index (κ3) is 2.02. The Hall–Kier alpha value is -0.460. The van der Waals surface area contributed by atoms with E-state index in [-0.39, 0.29) is 0 Å². The molecule has 1 heteroatoms. The molecule has 1 rings (SSSR count). The molecule has 0 N–H and O–H groups in total. The summed E-state index contributed by atoms with van der Waals surface area (Å²) in [4.78, 5) is 0. The van der Waals surface area contributed by atoms with Crippen molar-refractivity contribution in [2.45, 2.75) is 46.1 Å². The van der Waals surface area contributed by atoms with Gasteiger partial charge in [0, 0.05) is 12.3 Å². The fraction of sp³-hybridized carbons (Fsp3) is 0.818. The van der Waals surface area contributed by atoms with Crippen molar-refractivity contribution in [3.8, 4) is 0 Å². The maximum atomic E-state index is 5.69. The van der Waals surface area contributed by atoms with E-state index in [1.165, 1.54) is 12.8 Å². The molecule has 0 saturated heterocycles. The Morgan fingerprint density at radius 1 is 1.42 bits per heavy atom. The van der Waals surface area contributed by atoms with Crippen LogP contribution in [0.3, 0.4) is 0 Å². The lowest BCUT2D eigenvalue weighted by atomic mass is 10.2. The fourth-order valence-electron chi connectivity index (χ4n) is 1.74. The Labute approximate surface area is 75.8 Å². The second-order valence-electron chi connectivity index (χ2n) is 3.79. The van der Waals surface area contributed by atoms with E-state index in [0.29, 0.717) is 6.10 Å². The predicted molar refractivity (Wildman–Crippen MR) is 51.9 cm³/mol. The van der Waals surface area contributed by atoms with Crippen LogP contribution in [0.1, 0.15) is 40.0 Å². The molecule has 0 spiro atoms. The van der Waals surface area contributed by atoms with Crippen LogP contribution >= 0.6 is 0 Å². The molecule has 0 aromatic carbocycles. The van der Waals surface area contributed by atoms with Crippen LogP contribution < -0.4 is 0 Å². The second kappa shape index (κ2) is 3.97. The lowest BCUT2D eigenvalue weighted by molar-refractivity contribution is 0.168. The highest BCUT2D eigenvalue weighted by molar-refractivity contribution is 4.99. The average Bonchev–Trinajstić information content (AvgIpc) is 2.64. The standard InChI is InChI=1S/C11H20O/c1-5-7-10-9(4)11(10)12-8(3)6-2/h9-11H,3,5-7H2,1-2,4H3. The van der Waals surface area contributed by atoms with Crippen LogP contribution in [0.5, 0.6) is 0 Å². The van der Waals surface area contributed by atoms with Gasteiger partial charge < -0.3 is 4.74 Å². The van der Waals surface area contributed by atoms with E-state index in [4.69, 9.17) is 4.74 Å². The second-order valence-corrected chi connectivity index (χ2v) is 3.79. The molecule has 0 aromatic rings. The third-order valence-electron chi connectivity index (χ3n) is 2.79. The molecule has 0 amide bonds. The van der Waals surface area contributed by atoms with E-state index in [0.717, 1.165) is 24.0 Å². The van der Waals surface area contributed by atoms with Gasteiger partial charge >= 0.3 is 0 Å². The molecule has 3 unspecified atom stereocenters. The predicted octanol–water partition coefficient (Wildman–Crippen LogP) is 3.36. The Kier molecular flexibility index (Phi) is 3.19. The maximum Gasteiger partial charge on any atom is 0.104 e. The smallest absolute Gasteiger partial charge is 0.104 e. The summed E-state index contributed by atoms with van der Waals surface area (Å²) in [6.45, 7) is 10.5. The number of hydrogen-bond donors (Lipinski definition) is 0. The molecule has 0 aromatic heterocycles. The highest BCUT2D eigenvalue weighted by Crippen LogP contribution is 2.45. The van der Waals surface area contributed by atoms with Gasteiger partial charge in [-0.05, 0) is 12.3 Å². The Bertz CT molecular complexity index is 162. The van der Waals surface area contributed by atoms with E-state index >= 15 is 0 Å². The zero-order chi connectivity index (χ0) is 9.14. The first-order valence-electron chi connectivity index (χ1n) is 5.05. The van der Waals surface area contributed by atoms with Crippen molar-refractivity contribution in [3.63, 3.8) is 0 Å². The lowest BCUT2D eigenvalue weighted by Gasteiger charge is -2.05. The van der Waals surface area contributed by atoms with Gasteiger partial charge in [-0.15, -0.1) is 0 Å². The molecule has 1 saturated carbocycles. The minimum Gasteiger partial charge on any atom is -0.495 e. The molecule has 3 atom stereocenters. The van der Waals surface area contributed by atoms with Gasteiger partial charge in [0.15, 0.2) is 0 Å². The minimum absolute atomic E-state index is 0.484. The van der Waals surface area contributed by atoms with Crippen molar-refractivity contribution in [1.82, 2.24) is 0 Å². The van der Waals surface area contributed by atoms with E-state index in [1.54, 1.807) is 0 Å². The number of ether oxygens (including phenoxy) is 1. The van der Waals surface area contributed by atoms with Gasteiger partial charge in [0.2, 0.25) is 0 Å². The first-order valence-corrected chi connectivity index (χ1v) is 5.05. The first-order chi connectivity index (χ1) is 5.70. The lowest BCUT2D eigenvalue weighted by Crippen LogP contribution is -1.96. The van der Waals surface area contributed by atoms with E-state index < -0.39 is 0 Å². The van der Waals surface area contributed by atoms with Crippen molar-refractivity contribution in [2.75, 3.05) is 0 Å². The Morgan fingerprint density at radius 2 is 2.08 bits per heavy atom. The highest BCUT2D eigenvalue weighted by atomic mass is 16.5. The van der Waals surface area contributed by atoms with Crippen LogP contribution in [0.15, 0.2) is 12.3 Å². The molecule has 1 aliphatic carbocycles. The Morgan fingerprint density at radius 3 is 2.58 bits per heavy atom. The van der Waals surface area contributed by atoms with Crippen molar-refractivity contribution in [2.24, 2.45) is 11.8 Å². The summed E-state index contributed by atoms with van der Waals surface area (Å²) in [5.41, 5.74) is 0.